The third kappa shape index (κ3) is 6.76. The Labute approximate surface area is 245 Å². The van der Waals surface area contributed by atoms with Crippen LogP contribution in [0.25, 0.3) is 0 Å². The molecule has 0 radical (unpaired) electrons. The molecule has 0 saturated heterocycles. The molecular weight excluding hydrogens is 578 g/mol. The van der Waals surface area contributed by atoms with E-state index in [0.717, 1.165) is 40.1 Å². The number of quaternary nitrogens is 1. The van der Waals surface area contributed by atoms with Crippen molar-refractivity contribution in [2.24, 2.45) is 10.9 Å². The highest BCUT2D eigenvalue weighted by molar-refractivity contribution is 9.10. The van der Waals surface area contributed by atoms with Gasteiger partial charge in [0, 0.05) is 22.8 Å². The van der Waals surface area contributed by atoms with E-state index in [2.05, 4.69) is 46.9 Å². The number of allylic oxidation sites excluding steroid dienone is 2. The van der Waals surface area contributed by atoms with Gasteiger partial charge in [0.15, 0.2) is 5.69 Å². The highest BCUT2D eigenvalue weighted by atomic mass is 79.9. The summed E-state index contributed by atoms with van der Waals surface area (Å²) < 4.78 is 12.6. The Kier molecular flexibility index (Phi) is 9.57. The first-order valence-electron chi connectivity index (χ1n) is 13.5. The van der Waals surface area contributed by atoms with Crippen LogP contribution in [0.15, 0.2) is 70.3 Å². The van der Waals surface area contributed by atoms with Crippen molar-refractivity contribution in [3.63, 3.8) is 0 Å². The number of carbonyl (C=O) groups is 1. The predicted molar refractivity (Wildman–Crippen MR) is 164 cm³/mol. The van der Waals surface area contributed by atoms with Crippen LogP contribution in [0, 0.1) is 5.92 Å². The number of benzene rings is 2. The summed E-state index contributed by atoms with van der Waals surface area (Å²) in [6.07, 6.45) is 10.8. The Morgan fingerprint density at radius 2 is 1.95 bits per heavy atom. The summed E-state index contributed by atoms with van der Waals surface area (Å²) in [5, 5.41) is 0.525. The van der Waals surface area contributed by atoms with Crippen molar-refractivity contribution >= 4 is 45.5 Å². The predicted octanol–water partition coefficient (Wildman–Crippen LogP) is 7.19. The molecule has 0 saturated carbocycles. The zero-order valence-electron chi connectivity index (χ0n) is 23.3. The molecule has 2 aromatic rings. The minimum absolute atomic E-state index is 0.00298. The molecule has 39 heavy (non-hydrogen) atoms. The van der Waals surface area contributed by atoms with Gasteiger partial charge in [-0.25, -0.2) is 9.28 Å². The standard InChI is InChI=1S/C31H38BrClN3O3/c1-21(2)13-15-36(20-37,29-11-10-25(18-26(29)33)39-22(3)4)19-27-28(35-14-7-6-8-31(35)34-27)17-23-16-24(32)9-12-30(23)38-5/h6-12,14,16,18,20-22,27-28H,13,15,17,19H2,1-5H3/q+1. The lowest BCUT2D eigenvalue weighted by molar-refractivity contribution is -0.118. The lowest BCUT2D eigenvalue weighted by atomic mass is 9.96. The summed E-state index contributed by atoms with van der Waals surface area (Å²) >= 11 is 10.5. The molecular formula is C31H38BrClN3O3+. The number of hydrogen-bond acceptors (Lipinski definition) is 5. The van der Waals surface area contributed by atoms with E-state index in [1.165, 1.54) is 0 Å². The molecule has 3 unspecified atom stereocenters. The Morgan fingerprint density at radius 1 is 1.15 bits per heavy atom. The second kappa shape index (κ2) is 12.7. The van der Waals surface area contributed by atoms with Gasteiger partial charge in [0.2, 0.25) is 0 Å². The number of methoxy groups -OCH3 is 1. The maximum Gasteiger partial charge on any atom is 0.306 e. The van der Waals surface area contributed by atoms with Crippen molar-refractivity contribution in [1.82, 2.24) is 9.38 Å². The van der Waals surface area contributed by atoms with Gasteiger partial charge < -0.3 is 14.4 Å². The van der Waals surface area contributed by atoms with E-state index in [1.54, 1.807) is 7.11 Å². The minimum Gasteiger partial charge on any atom is -0.496 e. The molecule has 3 atom stereocenters. The molecule has 1 amide bonds. The van der Waals surface area contributed by atoms with Gasteiger partial charge in [-0.2, -0.15) is 0 Å². The average Bonchev–Trinajstić information content (AvgIpc) is 3.23. The molecule has 0 aliphatic carbocycles. The Balaban J connectivity index is 1.74. The van der Waals surface area contributed by atoms with Gasteiger partial charge in [0.25, 0.3) is 0 Å². The molecule has 2 aromatic carbocycles. The van der Waals surface area contributed by atoms with Crippen molar-refractivity contribution in [1.29, 1.82) is 0 Å². The number of ether oxygens (including phenoxy) is 2. The van der Waals surface area contributed by atoms with Crippen molar-refractivity contribution in [3.8, 4) is 11.5 Å². The fourth-order valence-corrected chi connectivity index (χ4v) is 6.03. The average molecular weight is 616 g/mol. The first-order chi connectivity index (χ1) is 18.7. The number of nitrogens with zero attached hydrogens (tertiary/aromatic N) is 3. The van der Waals surface area contributed by atoms with Crippen LogP contribution in [0.3, 0.4) is 0 Å². The minimum atomic E-state index is -0.156. The van der Waals surface area contributed by atoms with Crippen LogP contribution in [0.4, 0.5) is 5.69 Å². The summed E-state index contributed by atoms with van der Waals surface area (Å²) in [7, 11) is 1.69. The van der Waals surface area contributed by atoms with Crippen LogP contribution in [-0.4, -0.2) is 55.5 Å². The van der Waals surface area contributed by atoms with Crippen LogP contribution in [0.5, 0.6) is 11.5 Å². The van der Waals surface area contributed by atoms with Gasteiger partial charge in [-0.15, -0.1) is 0 Å². The summed E-state index contributed by atoms with van der Waals surface area (Å²) in [6, 6.07) is 11.6. The molecule has 0 bridgehead atoms. The summed E-state index contributed by atoms with van der Waals surface area (Å²) in [5.41, 5.74) is 1.86. The van der Waals surface area contributed by atoms with E-state index < -0.39 is 0 Å². The first kappa shape index (κ1) is 29.4. The summed E-state index contributed by atoms with van der Waals surface area (Å²) in [5.74, 6) is 2.86. The van der Waals surface area contributed by atoms with Crippen LogP contribution in [0.2, 0.25) is 5.02 Å². The topological polar surface area (TPSA) is 51.1 Å². The number of fused-ring (bicyclic) bond motifs is 1. The zero-order valence-corrected chi connectivity index (χ0v) is 25.7. The van der Waals surface area contributed by atoms with Crippen molar-refractivity contribution in [3.05, 3.63) is 75.9 Å². The SMILES string of the molecule is COc1ccc(Br)cc1CC1C(C[N+](C=O)(CCC(C)C)c2ccc(OC(C)C)cc2Cl)N=C2C=CC=CN21. The van der Waals surface area contributed by atoms with Crippen molar-refractivity contribution in [2.75, 3.05) is 20.2 Å². The van der Waals surface area contributed by atoms with Gasteiger partial charge in [0.1, 0.15) is 34.9 Å². The Bertz CT molecular complexity index is 1280. The number of hydrogen-bond donors (Lipinski definition) is 0. The van der Waals surface area contributed by atoms with E-state index in [4.69, 9.17) is 26.1 Å². The number of halogens is 2. The molecule has 0 aromatic heterocycles. The maximum atomic E-state index is 13.1. The monoisotopic (exact) mass is 614 g/mol. The zero-order chi connectivity index (χ0) is 28.2. The number of amides is 1. The maximum absolute atomic E-state index is 13.1. The van der Waals surface area contributed by atoms with E-state index in [9.17, 15) is 4.79 Å². The Hall–Kier alpha value is -2.61. The fourth-order valence-electron chi connectivity index (χ4n) is 5.29. The van der Waals surface area contributed by atoms with E-state index in [1.807, 2.05) is 62.4 Å². The number of amidine groups is 1. The molecule has 2 aliphatic heterocycles. The highest BCUT2D eigenvalue weighted by Gasteiger charge is 2.43. The van der Waals surface area contributed by atoms with Crippen LogP contribution in [-0.2, 0) is 11.2 Å². The Morgan fingerprint density at radius 3 is 2.62 bits per heavy atom. The number of aliphatic imine (C=N–C) groups is 1. The molecule has 2 heterocycles. The first-order valence-corrected chi connectivity index (χ1v) is 14.7. The molecule has 0 spiro atoms. The lowest BCUT2D eigenvalue weighted by Gasteiger charge is -2.36. The quantitative estimate of drug-likeness (QED) is 0.187. The van der Waals surface area contributed by atoms with Gasteiger partial charge >= 0.3 is 6.41 Å². The van der Waals surface area contributed by atoms with E-state index in [0.29, 0.717) is 36.2 Å². The third-order valence-corrected chi connectivity index (χ3v) is 8.03. The van der Waals surface area contributed by atoms with Gasteiger partial charge in [-0.3, -0.25) is 4.99 Å². The normalized spacial score (nSPS) is 19.7. The lowest BCUT2D eigenvalue weighted by Crippen LogP contribution is -2.56. The largest absolute Gasteiger partial charge is 0.496 e. The third-order valence-electron chi connectivity index (χ3n) is 7.23. The van der Waals surface area contributed by atoms with Crippen molar-refractivity contribution < 1.29 is 14.3 Å². The summed E-state index contributed by atoms with van der Waals surface area (Å²) in [6.45, 7) is 9.43. The van der Waals surface area contributed by atoms with Gasteiger partial charge in [0.05, 0.1) is 25.8 Å². The van der Waals surface area contributed by atoms with Crippen LogP contribution < -0.4 is 14.0 Å². The van der Waals surface area contributed by atoms with Crippen molar-refractivity contribution in [2.45, 2.75) is 58.7 Å². The number of carbonyl (C=O) groups excluding carboxylic acids is 1. The second-order valence-electron chi connectivity index (χ2n) is 10.9. The molecule has 2 aliphatic rings. The summed E-state index contributed by atoms with van der Waals surface area (Å²) in [4.78, 5) is 20.5. The molecule has 8 heteroatoms. The molecule has 6 nitrogen and oxygen atoms in total. The molecule has 208 valence electrons. The van der Waals surface area contributed by atoms with Gasteiger partial charge in [-0.1, -0.05) is 47.5 Å². The molecule has 0 fully saturated rings. The number of rotatable bonds is 12. The second-order valence-corrected chi connectivity index (χ2v) is 12.2. The molecule has 0 N–H and O–H groups in total. The van der Waals surface area contributed by atoms with E-state index in [-0.39, 0.29) is 22.7 Å². The highest BCUT2D eigenvalue weighted by Crippen LogP contribution is 2.37. The van der Waals surface area contributed by atoms with Crippen LogP contribution in [0.1, 0.15) is 39.7 Å². The molecule has 4 rings (SSSR count). The smallest absolute Gasteiger partial charge is 0.306 e. The van der Waals surface area contributed by atoms with Gasteiger partial charge in [-0.05, 0) is 74.6 Å². The van der Waals surface area contributed by atoms with E-state index >= 15 is 0 Å². The van der Waals surface area contributed by atoms with Crippen LogP contribution >= 0.6 is 27.5 Å². The fraction of sp³-hybridized carbons (Fsp3) is 0.419.